The largest absolute Gasteiger partial charge is 0.507 e. The number of phenolic OH excluding ortho intramolecular Hbond substituents is 2. The van der Waals surface area contributed by atoms with Gasteiger partial charge in [-0.25, -0.2) is 0 Å². The maximum absolute atomic E-state index is 12.5. The number of fused-ring (bicyclic) bond motifs is 1. The summed E-state index contributed by atoms with van der Waals surface area (Å²) < 4.78 is 1.79. The van der Waals surface area contributed by atoms with E-state index in [-0.39, 0.29) is 27.4 Å². The van der Waals surface area contributed by atoms with Crippen LogP contribution in [0.25, 0.3) is 22.2 Å². The Kier molecular flexibility index (Phi) is 17.1. The van der Waals surface area contributed by atoms with Gasteiger partial charge in [0.25, 0.3) is 0 Å². The van der Waals surface area contributed by atoms with Gasteiger partial charge >= 0.3 is 0 Å². The fourth-order valence-electron chi connectivity index (χ4n) is 7.53. The third-order valence-electron chi connectivity index (χ3n) is 11.2. The Balaban J connectivity index is 2.05. The minimum atomic E-state index is -0.339. The number of phenols is 2. The lowest BCUT2D eigenvalue weighted by atomic mass is 9.78. The molecule has 0 atom stereocenters. The molecule has 9 heteroatoms. The minimum Gasteiger partial charge on any atom is -0.507 e. The second-order valence-corrected chi connectivity index (χ2v) is 23.2. The van der Waals surface area contributed by atoms with Gasteiger partial charge in [-0.15, -0.1) is 26.2 Å². The van der Waals surface area contributed by atoms with Crippen molar-refractivity contribution in [3.05, 3.63) is 51.5 Å². The lowest BCUT2D eigenvalue weighted by molar-refractivity contribution is 0.423. The molecule has 0 bridgehead atoms. The zero-order valence-corrected chi connectivity index (χ0v) is 41.5. The predicted octanol–water partition coefficient (Wildman–Crippen LogP) is 16.4. The van der Waals surface area contributed by atoms with E-state index in [1.54, 1.807) is 27.9 Å². The lowest BCUT2D eigenvalue weighted by Crippen LogP contribution is -2.18. The molecule has 6 nitrogen and oxygen atoms in total. The topological polar surface area (TPSA) is 83.2 Å². The number of nitrogens with one attached hydrogen (secondary N) is 1. The van der Waals surface area contributed by atoms with E-state index >= 15 is 0 Å². The summed E-state index contributed by atoms with van der Waals surface area (Å²) in [6.07, 6.45) is 14.6. The number of thioether (sulfide) groups is 1. The summed E-state index contributed by atoms with van der Waals surface area (Å²) in [4.78, 5) is 0.904. The van der Waals surface area contributed by atoms with Gasteiger partial charge in [-0.3, -0.25) is 0 Å². The lowest BCUT2D eigenvalue weighted by Gasteiger charge is -2.29. The van der Waals surface area contributed by atoms with Crippen LogP contribution in [0.1, 0.15) is 196 Å². The number of aromatic hydroxyl groups is 2. The highest BCUT2D eigenvalue weighted by Gasteiger charge is 2.32. The summed E-state index contributed by atoms with van der Waals surface area (Å²) in [5.74, 6) is 2.38. The first-order valence-corrected chi connectivity index (χ1v) is 24.7. The average Bonchev–Trinajstić information content (AvgIpc) is 3.54. The summed E-state index contributed by atoms with van der Waals surface area (Å²) in [6.45, 7) is 30.4. The molecule has 1 heterocycles. The molecule has 0 fully saturated rings. The van der Waals surface area contributed by atoms with Crippen molar-refractivity contribution < 1.29 is 10.2 Å². The molecule has 4 rings (SSSR count). The molecule has 3 aromatic carbocycles. The highest BCUT2D eigenvalue weighted by Crippen LogP contribution is 2.52. The fraction of sp³-hybridized carbons (Fsp3) is 0.640. The quantitative estimate of drug-likeness (QED) is 0.0492. The van der Waals surface area contributed by atoms with Gasteiger partial charge in [0.1, 0.15) is 22.5 Å². The normalized spacial score (nSPS) is 12.9. The van der Waals surface area contributed by atoms with Crippen LogP contribution in [0.5, 0.6) is 11.5 Å². The van der Waals surface area contributed by atoms with Crippen molar-refractivity contribution in [3.63, 3.8) is 0 Å². The second kappa shape index (κ2) is 20.5. The summed E-state index contributed by atoms with van der Waals surface area (Å²) in [6, 6.07) is 8.40. The molecule has 328 valence electrons. The van der Waals surface area contributed by atoms with E-state index in [1.165, 1.54) is 64.2 Å². The molecule has 4 aromatic rings. The highest BCUT2D eigenvalue weighted by molar-refractivity contribution is 7.99. The van der Waals surface area contributed by atoms with E-state index in [1.807, 2.05) is 0 Å². The van der Waals surface area contributed by atoms with Gasteiger partial charge in [0.15, 0.2) is 0 Å². The third kappa shape index (κ3) is 12.8. The zero-order chi connectivity index (χ0) is 43.9. The fourth-order valence-corrected chi connectivity index (χ4v) is 9.76. The Morgan fingerprint density at radius 2 is 1.07 bits per heavy atom. The first-order chi connectivity index (χ1) is 27.5. The number of unbranched alkanes of at least 4 members (excludes halogenated alkanes) is 10. The maximum atomic E-state index is 12.5. The molecule has 0 aliphatic heterocycles. The van der Waals surface area contributed by atoms with Crippen LogP contribution in [-0.4, -0.2) is 36.1 Å². The van der Waals surface area contributed by atoms with Crippen LogP contribution in [0.2, 0.25) is 5.02 Å². The summed E-state index contributed by atoms with van der Waals surface area (Å²) in [5, 5.41) is 39.0. The molecule has 0 radical (unpaired) electrons. The van der Waals surface area contributed by atoms with Crippen LogP contribution in [-0.2, 0) is 21.7 Å². The smallest absolute Gasteiger partial charge is 0.130 e. The molecule has 1 aromatic heterocycles. The molecular weight excluding hydrogens is 788 g/mol. The van der Waals surface area contributed by atoms with E-state index in [0.717, 1.165) is 68.3 Å². The van der Waals surface area contributed by atoms with Crippen LogP contribution in [0.3, 0.4) is 0 Å². The standard InChI is InChI=1S/C50H77ClN4O2S2/c1-15-17-19-21-23-25-27-58-46-40(51)41(52-34-31-37(49(9,10)11)45(57)38(32-34)50(12,13)14)39(35-29-33(47(3,4)5)30-36(44(35)56)48(6,7)8)42-43(46)54-55(53-42)59-28-26-24-22-20-18-16-2/h29-32,52,56-57H,15-28H2,1-14H3. The van der Waals surface area contributed by atoms with Crippen molar-refractivity contribution >= 4 is 57.7 Å². The van der Waals surface area contributed by atoms with Gasteiger partial charge in [0, 0.05) is 39.3 Å². The Labute approximate surface area is 372 Å². The number of hydrogen-bond donors (Lipinski definition) is 3. The maximum Gasteiger partial charge on any atom is 0.130 e. The highest BCUT2D eigenvalue weighted by atomic mass is 35.5. The number of hydrogen-bond acceptors (Lipinski definition) is 7. The first kappa shape index (κ1) is 49.1. The Morgan fingerprint density at radius 3 is 1.58 bits per heavy atom. The second-order valence-electron chi connectivity index (χ2n) is 20.7. The number of benzene rings is 3. The molecule has 3 N–H and O–H groups in total. The van der Waals surface area contributed by atoms with E-state index in [4.69, 9.17) is 21.8 Å². The van der Waals surface area contributed by atoms with Crippen molar-refractivity contribution in [2.24, 2.45) is 0 Å². The van der Waals surface area contributed by atoms with Crippen LogP contribution in [0.4, 0.5) is 11.4 Å². The molecule has 0 unspecified atom stereocenters. The average molecular weight is 866 g/mol. The van der Waals surface area contributed by atoms with Gasteiger partial charge in [0.05, 0.1) is 15.6 Å². The monoisotopic (exact) mass is 865 g/mol. The zero-order valence-electron chi connectivity index (χ0n) is 39.1. The molecule has 0 amide bonds. The molecule has 0 saturated carbocycles. The predicted molar refractivity (Wildman–Crippen MR) is 261 cm³/mol. The molecule has 0 aliphatic rings. The minimum absolute atomic E-state index is 0.198. The molecular formula is C50H77ClN4O2S2. The van der Waals surface area contributed by atoms with Gasteiger partial charge in [-0.2, -0.15) is 0 Å². The SMILES string of the molecule is CCCCCCCCSc1c(Cl)c(Nc2cc(C(C)(C)C)c(O)c(C(C)(C)C)c2)c(-c2cc(C(C)(C)C)cc(C(C)(C)C)c2O)c2nn(SCCCCCCCC)nc12. The van der Waals surface area contributed by atoms with Gasteiger partial charge < -0.3 is 15.5 Å². The number of halogens is 1. The number of anilines is 2. The Morgan fingerprint density at radius 1 is 0.593 bits per heavy atom. The first-order valence-electron chi connectivity index (χ1n) is 22.4. The van der Waals surface area contributed by atoms with Gasteiger partial charge in [-0.1, -0.05) is 179 Å². The van der Waals surface area contributed by atoms with Crippen LogP contribution in [0, 0.1) is 0 Å². The molecule has 0 spiro atoms. The Bertz CT molecular complexity index is 1980. The van der Waals surface area contributed by atoms with Gasteiger partial charge in [-0.05, 0) is 76.0 Å². The van der Waals surface area contributed by atoms with Crippen molar-refractivity contribution in [2.45, 2.75) is 201 Å². The number of nitrogens with zero attached hydrogens (tertiary/aromatic N) is 3. The van der Waals surface area contributed by atoms with Crippen molar-refractivity contribution in [1.82, 2.24) is 14.4 Å². The molecule has 0 aliphatic carbocycles. The van der Waals surface area contributed by atoms with Crippen molar-refractivity contribution in [1.29, 1.82) is 0 Å². The van der Waals surface area contributed by atoms with E-state index in [2.05, 4.69) is 127 Å². The third-order valence-corrected chi connectivity index (χ3v) is 13.7. The summed E-state index contributed by atoms with van der Waals surface area (Å²) in [5.41, 5.74) is 6.90. The number of aromatic nitrogens is 3. The summed E-state index contributed by atoms with van der Waals surface area (Å²) >= 11 is 11.2. The van der Waals surface area contributed by atoms with Crippen molar-refractivity contribution in [2.75, 3.05) is 16.8 Å². The van der Waals surface area contributed by atoms with Gasteiger partial charge in [0.2, 0.25) is 0 Å². The Hall–Kier alpha value is -2.55. The van der Waals surface area contributed by atoms with Crippen LogP contribution in [0.15, 0.2) is 29.2 Å². The van der Waals surface area contributed by atoms with Crippen LogP contribution < -0.4 is 5.32 Å². The van der Waals surface area contributed by atoms with E-state index in [9.17, 15) is 10.2 Å². The molecule has 0 saturated heterocycles. The van der Waals surface area contributed by atoms with E-state index < -0.39 is 0 Å². The van der Waals surface area contributed by atoms with Crippen LogP contribution >= 0.6 is 35.3 Å². The van der Waals surface area contributed by atoms with E-state index in [0.29, 0.717) is 27.5 Å². The molecule has 59 heavy (non-hydrogen) atoms. The number of rotatable bonds is 19. The summed E-state index contributed by atoms with van der Waals surface area (Å²) in [7, 11) is 0. The van der Waals surface area contributed by atoms with Crippen molar-refractivity contribution in [3.8, 4) is 22.6 Å².